The lowest BCUT2D eigenvalue weighted by Gasteiger charge is -2.40. The van der Waals surface area contributed by atoms with Crippen LogP contribution in [0.15, 0.2) is 24.3 Å². The lowest BCUT2D eigenvalue weighted by atomic mass is 9.83. The summed E-state index contributed by atoms with van der Waals surface area (Å²) in [5, 5.41) is 3.09. The topological polar surface area (TPSA) is 61.9 Å². The van der Waals surface area contributed by atoms with Crippen LogP contribution in [-0.4, -0.2) is 60.9 Å². The average Bonchev–Trinajstić information content (AvgIpc) is 3.01. The van der Waals surface area contributed by atoms with Crippen LogP contribution in [0.1, 0.15) is 37.7 Å². The minimum atomic E-state index is -0.105. The highest BCUT2D eigenvalue weighted by Crippen LogP contribution is 2.36. The van der Waals surface area contributed by atoms with Gasteiger partial charge in [0.15, 0.2) is 0 Å². The fourth-order valence-electron chi connectivity index (χ4n) is 4.93. The van der Waals surface area contributed by atoms with E-state index in [0.717, 1.165) is 50.1 Å². The number of carbonyl (C=O) groups excluding carboxylic acids is 2. The van der Waals surface area contributed by atoms with Crippen LogP contribution < -0.4 is 10.1 Å². The molecule has 3 atom stereocenters. The molecular weight excluding hydrogens is 354 g/mol. The molecule has 4 rings (SSSR count). The molecule has 0 bridgehead atoms. The van der Waals surface area contributed by atoms with Crippen LogP contribution in [0.5, 0.6) is 5.75 Å². The van der Waals surface area contributed by atoms with Gasteiger partial charge in [-0.05, 0) is 56.3 Å². The molecular formula is C22H31N3O3. The molecule has 0 aromatic heterocycles. The Balaban J connectivity index is 1.31. The number of likely N-dealkylation sites (N-methyl/N-ethyl adjacent to an activating group) is 1. The molecule has 28 heavy (non-hydrogen) atoms. The highest BCUT2D eigenvalue weighted by atomic mass is 16.5. The second-order valence-corrected chi connectivity index (χ2v) is 8.51. The largest absolute Gasteiger partial charge is 0.497 e. The van der Waals surface area contributed by atoms with E-state index in [0.29, 0.717) is 24.4 Å². The molecule has 3 unspecified atom stereocenters. The molecule has 6 heteroatoms. The van der Waals surface area contributed by atoms with Crippen molar-refractivity contribution in [2.45, 2.75) is 50.7 Å². The highest BCUT2D eigenvalue weighted by molar-refractivity contribution is 5.82. The number of hydrogen-bond donors (Lipinski definition) is 1. The Labute approximate surface area is 167 Å². The number of methoxy groups -OCH3 is 1. The molecule has 0 spiro atoms. The Hall–Kier alpha value is -2.08. The third kappa shape index (κ3) is 3.75. The van der Waals surface area contributed by atoms with Crippen LogP contribution in [0.2, 0.25) is 0 Å². The van der Waals surface area contributed by atoms with Crippen molar-refractivity contribution in [1.29, 1.82) is 0 Å². The Kier molecular flexibility index (Phi) is 5.58. The number of nitrogens with zero attached hydrogens (tertiary/aromatic N) is 2. The van der Waals surface area contributed by atoms with Crippen molar-refractivity contribution < 1.29 is 14.3 Å². The number of nitrogens with one attached hydrogen (secondary N) is 1. The standard InChI is InChI=1S/C22H31N3O3/c1-24-19-10-11-25(22(27)16-4-3-5-16)14-17(19)12-20(24)21(26)23-13-15-6-8-18(28-2)9-7-15/h6-9,16-17,19-20H,3-5,10-14H2,1-2H3,(H,23,26). The number of hydrogen-bond acceptors (Lipinski definition) is 4. The average molecular weight is 386 g/mol. The van der Waals surface area contributed by atoms with E-state index in [1.54, 1.807) is 7.11 Å². The monoisotopic (exact) mass is 385 g/mol. The van der Waals surface area contributed by atoms with Crippen molar-refractivity contribution in [2.75, 3.05) is 27.2 Å². The second kappa shape index (κ2) is 8.11. The number of carbonyl (C=O) groups is 2. The predicted octanol–water partition coefficient (Wildman–Crippen LogP) is 2.03. The first-order valence-electron chi connectivity index (χ1n) is 10.5. The van der Waals surface area contributed by atoms with Gasteiger partial charge in [0.1, 0.15) is 5.75 Å². The maximum absolute atomic E-state index is 12.8. The minimum Gasteiger partial charge on any atom is -0.497 e. The van der Waals surface area contributed by atoms with Crippen molar-refractivity contribution in [1.82, 2.24) is 15.1 Å². The van der Waals surface area contributed by atoms with Gasteiger partial charge in [-0.15, -0.1) is 0 Å². The Morgan fingerprint density at radius 1 is 1.18 bits per heavy atom. The molecule has 2 amide bonds. The van der Waals surface area contributed by atoms with Gasteiger partial charge in [-0.2, -0.15) is 0 Å². The van der Waals surface area contributed by atoms with Crippen LogP contribution in [0.4, 0.5) is 0 Å². The van der Waals surface area contributed by atoms with Crippen molar-refractivity contribution in [3.8, 4) is 5.75 Å². The molecule has 2 heterocycles. The molecule has 3 aliphatic rings. The Morgan fingerprint density at radius 2 is 1.93 bits per heavy atom. The van der Waals surface area contributed by atoms with Crippen LogP contribution in [-0.2, 0) is 16.1 Å². The van der Waals surface area contributed by atoms with Gasteiger partial charge < -0.3 is 15.0 Å². The third-order valence-electron chi connectivity index (χ3n) is 6.93. The quantitative estimate of drug-likeness (QED) is 0.843. The Morgan fingerprint density at radius 3 is 2.57 bits per heavy atom. The van der Waals surface area contributed by atoms with Crippen LogP contribution in [0, 0.1) is 11.8 Å². The minimum absolute atomic E-state index is 0.0876. The summed E-state index contributed by atoms with van der Waals surface area (Å²) in [5.41, 5.74) is 1.06. The molecule has 3 fully saturated rings. The summed E-state index contributed by atoms with van der Waals surface area (Å²) in [6, 6.07) is 8.06. The summed E-state index contributed by atoms with van der Waals surface area (Å²) in [6.45, 7) is 2.17. The maximum atomic E-state index is 12.8. The first kappa shape index (κ1) is 19.2. The van der Waals surface area contributed by atoms with E-state index >= 15 is 0 Å². The molecule has 1 aromatic rings. The summed E-state index contributed by atoms with van der Waals surface area (Å²) in [5.74, 6) is 1.92. The fraction of sp³-hybridized carbons (Fsp3) is 0.636. The van der Waals surface area contributed by atoms with Crippen LogP contribution in [0.25, 0.3) is 0 Å². The van der Waals surface area contributed by atoms with E-state index in [-0.39, 0.29) is 17.9 Å². The molecule has 1 saturated carbocycles. The summed E-state index contributed by atoms with van der Waals surface area (Å²) in [4.78, 5) is 29.7. The Bertz CT molecular complexity index is 716. The number of likely N-dealkylation sites (tertiary alicyclic amines) is 2. The molecule has 6 nitrogen and oxygen atoms in total. The van der Waals surface area contributed by atoms with Gasteiger partial charge in [0.2, 0.25) is 11.8 Å². The summed E-state index contributed by atoms with van der Waals surface area (Å²) >= 11 is 0. The first-order valence-corrected chi connectivity index (χ1v) is 10.5. The molecule has 1 aromatic carbocycles. The molecule has 2 aliphatic heterocycles. The van der Waals surface area contributed by atoms with E-state index in [9.17, 15) is 9.59 Å². The molecule has 152 valence electrons. The highest BCUT2D eigenvalue weighted by Gasteiger charge is 2.46. The SMILES string of the molecule is COc1ccc(CNC(=O)C2CC3CN(C(=O)C4CCC4)CCC3N2C)cc1. The predicted molar refractivity (Wildman–Crippen MR) is 107 cm³/mol. The zero-order chi connectivity index (χ0) is 19.7. The van der Waals surface area contributed by atoms with Gasteiger partial charge in [-0.3, -0.25) is 14.5 Å². The smallest absolute Gasteiger partial charge is 0.237 e. The molecule has 2 saturated heterocycles. The van der Waals surface area contributed by atoms with Crippen molar-refractivity contribution in [2.24, 2.45) is 11.8 Å². The van der Waals surface area contributed by atoms with E-state index < -0.39 is 0 Å². The van der Waals surface area contributed by atoms with Gasteiger partial charge in [-0.25, -0.2) is 0 Å². The molecule has 1 N–H and O–H groups in total. The number of piperidine rings is 1. The number of benzene rings is 1. The second-order valence-electron chi connectivity index (χ2n) is 8.51. The van der Waals surface area contributed by atoms with E-state index in [1.165, 1.54) is 6.42 Å². The summed E-state index contributed by atoms with van der Waals surface area (Å²) < 4.78 is 5.17. The fourth-order valence-corrected chi connectivity index (χ4v) is 4.93. The number of fused-ring (bicyclic) bond motifs is 1. The van der Waals surface area contributed by atoms with Gasteiger partial charge in [0, 0.05) is 31.6 Å². The normalized spacial score (nSPS) is 27.8. The zero-order valence-corrected chi connectivity index (χ0v) is 16.9. The van der Waals surface area contributed by atoms with Gasteiger partial charge in [0.25, 0.3) is 0 Å². The van der Waals surface area contributed by atoms with E-state index in [4.69, 9.17) is 4.74 Å². The van der Waals surface area contributed by atoms with Crippen molar-refractivity contribution >= 4 is 11.8 Å². The van der Waals surface area contributed by atoms with Gasteiger partial charge in [0.05, 0.1) is 13.2 Å². The lowest BCUT2D eigenvalue weighted by molar-refractivity contribution is -0.140. The lowest BCUT2D eigenvalue weighted by Crippen LogP contribution is -2.50. The number of amides is 2. The summed E-state index contributed by atoms with van der Waals surface area (Å²) in [6.07, 6.45) is 5.11. The summed E-state index contributed by atoms with van der Waals surface area (Å²) in [7, 11) is 3.71. The van der Waals surface area contributed by atoms with Gasteiger partial charge in [-0.1, -0.05) is 18.6 Å². The van der Waals surface area contributed by atoms with Crippen LogP contribution in [0.3, 0.4) is 0 Å². The van der Waals surface area contributed by atoms with Crippen molar-refractivity contribution in [3.05, 3.63) is 29.8 Å². The van der Waals surface area contributed by atoms with E-state index in [1.807, 2.05) is 24.3 Å². The number of ether oxygens (including phenoxy) is 1. The van der Waals surface area contributed by atoms with Crippen LogP contribution >= 0.6 is 0 Å². The first-order chi connectivity index (χ1) is 13.6. The zero-order valence-electron chi connectivity index (χ0n) is 16.9. The third-order valence-corrected chi connectivity index (χ3v) is 6.93. The maximum Gasteiger partial charge on any atom is 0.237 e. The number of rotatable bonds is 5. The van der Waals surface area contributed by atoms with E-state index in [2.05, 4.69) is 22.2 Å². The molecule has 1 aliphatic carbocycles. The van der Waals surface area contributed by atoms with Crippen molar-refractivity contribution in [3.63, 3.8) is 0 Å². The van der Waals surface area contributed by atoms with Gasteiger partial charge >= 0.3 is 0 Å². The molecule has 0 radical (unpaired) electrons.